The van der Waals surface area contributed by atoms with Crippen LogP contribution >= 0.6 is 0 Å². The van der Waals surface area contributed by atoms with Gasteiger partial charge in [-0.2, -0.15) is 0 Å². The van der Waals surface area contributed by atoms with Crippen LogP contribution in [0.2, 0.25) is 0 Å². The smallest absolute Gasteiger partial charge is 0.258 e. The third-order valence-electron chi connectivity index (χ3n) is 4.17. The van der Waals surface area contributed by atoms with Gasteiger partial charge in [0.1, 0.15) is 19.0 Å². The molecular weight excluding hydrogens is 318 g/mol. The van der Waals surface area contributed by atoms with Crippen molar-refractivity contribution in [1.29, 1.82) is 0 Å². The van der Waals surface area contributed by atoms with E-state index in [9.17, 15) is 4.79 Å². The van der Waals surface area contributed by atoms with E-state index in [0.717, 1.165) is 17.1 Å². The van der Waals surface area contributed by atoms with Gasteiger partial charge in [-0.05, 0) is 25.2 Å². The summed E-state index contributed by atoms with van der Waals surface area (Å²) in [7, 11) is 1.98. The molecule has 25 heavy (non-hydrogen) atoms. The Bertz CT molecular complexity index is 968. The van der Waals surface area contributed by atoms with Crippen molar-refractivity contribution in [3.05, 3.63) is 64.2 Å². The standard InChI is InChI=1S/C19H19N3O3/c1-22(11-13-5-4-8-16-18(13)25-10-9-24-16)12-17-20-15-7-3-2-6-14(15)19(23)21-17/h2-8H,9-12H2,1H3,(H,20,21,23). The number of fused-ring (bicyclic) bond motifs is 2. The van der Waals surface area contributed by atoms with Crippen molar-refractivity contribution in [1.82, 2.24) is 14.9 Å². The number of nitrogens with zero attached hydrogens (tertiary/aromatic N) is 2. The number of nitrogens with one attached hydrogen (secondary N) is 1. The van der Waals surface area contributed by atoms with Crippen molar-refractivity contribution in [3.63, 3.8) is 0 Å². The number of aromatic nitrogens is 2. The quantitative estimate of drug-likeness (QED) is 0.791. The summed E-state index contributed by atoms with van der Waals surface area (Å²) in [5.41, 5.74) is 1.66. The Morgan fingerprint density at radius 2 is 1.92 bits per heavy atom. The second-order valence-corrected chi connectivity index (χ2v) is 6.14. The van der Waals surface area contributed by atoms with Crippen molar-refractivity contribution in [2.75, 3.05) is 20.3 Å². The van der Waals surface area contributed by atoms with Crippen LogP contribution in [0, 0.1) is 0 Å². The number of benzene rings is 2. The van der Waals surface area contributed by atoms with Crippen LogP contribution in [0.25, 0.3) is 10.9 Å². The molecule has 6 nitrogen and oxygen atoms in total. The number of H-pyrrole nitrogens is 1. The molecule has 6 heteroatoms. The average Bonchev–Trinajstić information content (AvgIpc) is 2.62. The minimum Gasteiger partial charge on any atom is -0.486 e. The molecule has 1 aromatic heterocycles. The predicted molar refractivity (Wildman–Crippen MR) is 95.0 cm³/mol. The highest BCUT2D eigenvalue weighted by molar-refractivity contribution is 5.77. The maximum atomic E-state index is 12.2. The van der Waals surface area contributed by atoms with E-state index in [1.165, 1.54) is 0 Å². The van der Waals surface area contributed by atoms with E-state index in [2.05, 4.69) is 14.9 Å². The van der Waals surface area contributed by atoms with Gasteiger partial charge >= 0.3 is 0 Å². The van der Waals surface area contributed by atoms with Crippen molar-refractivity contribution in [3.8, 4) is 11.5 Å². The SMILES string of the molecule is CN(Cc1nc2ccccc2c(=O)[nH]1)Cc1cccc2c1OCCO2. The first-order chi connectivity index (χ1) is 12.2. The molecule has 128 valence electrons. The first-order valence-electron chi connectivity index (χ1n) is 8.25. The molecule has 1 aliphatic rings. The Morgan fingerprint density at radius 1 is 1.08 bits per heavy atom. The summed E-state index contributed by atoms with van der Waals surface area (Å²) in [6, 6.07) is 13.3. The van der Waals surface area contributed by atoms with Gasteiger partial charge in [0.2, 0.25) is 0 Å². The lowest BCUT2D eigenvalue weighted by Gasteiger charge is -2.23. The first-order valence-corrected chi connectivity index (χ1v) is 8.25. The second-order valence-electron chi connectivity index (χ2n) is 6.14. The van der Waals surface area contributed by atoms with E-state index >= 15 is 0 Å². The van der Waals surface area contributed by atoms with Crippen LogP contribution in [0.1, 0.15) is 11.4 Å². The number of rotatable bonds is 4. The van der Waals surface area contributed by atoms with Gasteiger partial charge in [-0.25, -0.2) is 4.98 Å². The van der Waals surface area contributed by atoms with Gasteiger partial charge in [0.15, 0.2) is 11.5 Å². The molecule has 3 aromatic rings. The Hall–Kier alpha value is -2.86. The molecule has 0 atom stereocenters. The number of para-hydroxylation sites is 2. The molecule has 0 unspecified atom stereocenters. The molecule has 2 aromatic carbocycles. The van der Waals surface area contributed by atoms with Crippen LogP contribution in [0.3, 0.4) is 0 Å². The zero-order valence-electron chi connectivity index (χ0n) is 14.0. The molecule has 0 radical (unpaired) electrons. The maximum absolute atomic E-state index is 12.2. The third-order valence-corrected chi connectivity index (χ3v) is 4.17. The molecule has 0 spiro atoms. The van der Waals surface area contributed by atoms with E-state index in [0.29, 0.717) is 43.0 Å². The summed E-state index contributed by atoms with van der Waals surface area (Å²) in [5.74, 6) is 2.24. The molecule has 0 bridgehead atoms. The second kappa shape index (κ2) is 6.57. The third kappa shape index (κ3) is 3.21. The number of ether oxygens (including phenoxy) is 2. The lowest BCUT2D eigenvalue weighted by atomic mass is 10.1. The van der Waals surface area contributed by atoms with Gasteiger partial charge in [-0.3, -0.25) is 9.69 Å². The number of aromatic amines is 1. The monoisotopic (exact) mass is 337 g/mol. The van der Waals surface area contributed by atoms with E-state index < -0.39 is 0 Å². The van der Waals surface area contributed by atoms with Crippen LogP contribution in [0.4, 0.5) is 0 Å². The fourth-order valence-electron chi connectivity index (χ4n) is 3.07. The minimum absolute atomic E-state index is 0.108. The summed E-state index contributed by atoms with van der Waals surface area (Å²) in [6.07, 6.45) is 0. The highest BCUT2D eigenvalue weighted by Crippen LogP contribution is 2.34. The molecular formula is C19H19N3O3. The summed E-state index contributed by atoms with van der Waals surface area (Å²) in [4.78, 5) is 21.7. The molecule has 1 aliphatic heterocycles. The Balaban J connectivity index is 1.55. The molecule has 0 saturated carbocycles. The number of hydrogen-bond donors (Lipinski definition) is 1. The van der Waals surface area contributed by atoms with Crippen LogP contribution in [-0.2, 0) is 13.1 Å². The summed E-state index contributed by atoms with van der Waals surface area (Å²) < 4.78 is 11.4. The average molecular weight is 337 g/mol. The Morgan fingerprint density at radius 3 is 2.84 bits per heavy atom. The van der Waals surface area contributed by atoms with Gasteiger partial charge in [-0.15, -0.1) is 0 Å². The zero-order valence-corrected chi connectivity index (χ0v) is 14.0. The van der Waals surface area contributed by atoms with E-state index in [-0.39, 0.29) is 5.56 Å². The Kier molecular flexibility index (Phi) is 4.11. The highest BCUT2D eigenvalue weighted by Gasteiger charge is 2.17. The van der Waals surface area contributed by atoms with Gasteiger partial charge in [0.25, 0.3) is 5.56 Å². The van der Waals surface area contributed by atoms with E-state index in [4.69, 9.17) is 9.47 Å². The van der Waals surface area contributed by atoms with Gasteiger partial charge in [0.05, 0.1) is 17.4 Å². The van der Waals surface area contributed by atoms with Crippen LogP contribution in [0.15, 0.2) is 47.3 Å². The normalized spacial score (nSPS) is 13.4. The van der Waals surface area contributed by atoms with Crippen LogP contribution < -0.4 is 15.0 Å². The molecule has 0 saturated heterocycles. The molecule has 1 N–H and O–H groups in total. The summed E-state index contributed by atoms with van der Waals surface area (Å²) in [6.45, 7) is 2.34. The van der Waals surface area contributed by atoms with Gasteiger partial charge < -0.3 is 14.5 Å². The van der Waals surface area contributed by atoms with Crippen LogP contribution in [-0.4, -0.2) is 35.1 Å². The van der Waals surface area contributed by atoms with Gasteiger partial charge in [-0.1, -0.05) is 24.3 Å². The van der Waals surface area contributed by atoms with Crippen molar-refractivity contribution >= 4 is 10.9 Å². The Labute approximate surface area is 145 Å². The molecule has 0 amide bonds. The zero-order chi connectivity index (χ0) is 17.2. The first kappa shape index (κ1) is 15.7. The fraction of sp³-hybridized carbons (Fsp3) is 0.263. The summed E-state index contributed by atoms with van der Waals surface area (Å²) >= 11 is 0. The van der Waals surface area contributed by atoms with Crippen LogP contribution in [0.5, 0.6) is 11.5 Å². The summed E-state index contributed by atoms with van der Waals surface area (Å²) in [5, 5.41) is 0.608. The lowest BCUT2D eigenvalue weighted by Crippen LogP contribution is -2.23. The minimum atomic E-state index is -0.108. The predicted octanol–water partition coefficient (Wildman–Crippen LogP) is 2.33. The lowest BCUT2D eigenvalue weighted by molar-refractivity contribution is 0.167. The molecule has 0 fully saturated rings. The highest BCUT2D eigenvalue weighted by atomic mass is 16.6. The maximum Gasteiger partial charge on any atom is 0.258 e. The topological polar surface area (TPSA) is 67.5 Å². The fourth-order valence-corrected chi connectivity index (χ4v) is 3.07. The molecule has 2 heterocycles. The van der Waals surface area contributed by atoms with E-state index in [1.54, 1.807) is 6.07 Å². The van der Waals surface area contributed by atoms with Crippen molar-refractivity contribution in [2.45, 2.75) is 13.1 Å². The van der Waals surface area contributed by atoms with Crippen molar-refractivity contribution in [2.24, 2.45) is 0 Å². The molecule has 4 rings (SSSR count). The molecule has 0 aliphatic carbocycles. The number of hydrogen-bond acceptors (Lipinski definition) is 5. The van der Waals surface area contributed by atoms with Crippen molar-refractivity contribution < 1.29 is 9.47 Å². The van der Waals surface area contributed by atoms with E-state index in [1.807, 2.05) is 43.4 Å². The largest absolute Gasteiger partial charge is 0.486 e. The van der Waals surface area contributed by atoms with Gasteiger partial charge in [0, 0.05) is 12.1 Å².